The summed E-state index contributed by atoms with van der Waals surface area (Å²) in [5.41, 5.74) is 8.66. The van der Waals surface area contributed by atoms with E-state index in [2.05, 4.69) is 38.1 Å². The minimum absolute atomic E-state index is 0.000810. The number of carboxylic acids is 1. The molecular formula is C27H33NO3. The Bertz CT molecular complexity index is 1000. The van der Waals surface area contributed by atoms with Gasteiger partial charge in [0.1, 0.15) is 0 Å². The van der Waals surface area contributed by atoms with Gasteiger partial charge in [0.05, 0.1) is 6.42 Å². The lowest BCUT2D eigenvalue weighted by Gasteiger charge is -2.24. The third kappa shape index (κ3) is 4.39. The fraction of sp³-hybridized carbons (Fsp3) is 0.481. The largest absolute Gasteiger partial charge is 0.481 e. The van der Waals surface area contributed by atoms with Crippen molar-refractivity contribution in [3.05, 3.63) is 57.6 Å². The van der Waals surface area contributed by atoms with Crippen LogP contribution < -0.4 is 0 Å². The Hall–Kier alpha value is -2.62. The molecule has 1 heterocycles. The number of fused-ring (bicyclic) bond motifs is 1. The number of aryl methyl sites for hydroxylation is 1. The molecule has 4 heteroatoms. The van der Waals surface area contributed by atoms with E-state index >= 15 is 0 Å². The van der Waals surface area contributed by atoms with Crippen LogP contribution in [-0.4, -0.2) is 21.9 Å². The van der Waals surface area contributed by atoms with Crippen LogP contribution in [0.2, 0.25) is 0 Å². The molecule has 164 valence electrons. The molecule has 1 aliphatic heterocycles. The second kappa shape index (κ2) is 8.86. The van der Waals surface area contributed by atoms with Crippen molar-refractivity contribution in [1.82, 2.24) is 4.90 Å². The predicted octanol–water partition coefficient (Wildman–Crippen LogP) is 5.72. The van der Waals surface area contributed by atoms with Gasteiger partial charge in [0.2, 0.25) is 5.91 Å². The van der Waals surface area contributed by atoms with Crippen LogP contribution in [0.3, 0.4) is 0 Å². The van der Waals surface area contributed by atoms with Crippen LogP contribution in [0.1, 0.15) is 71.9 Å². The third-order valence-corrected chi connectivity index (χ3v) is 7.31. The second-order valence-electron chi connectivity index (χ2n) is 9.46. The van der Waals surface area contributed by atoms with E-state index in [9.17, 15) is 14.7 Å². The summed E-state index contributed by atoms with van der Waals surface area (Å²) in [4.78, 5) is 26.8. The molecule has 1 fully saturated rings. The highest BCUT2D eigenvalue weighted by molar-refractivity contribution is 5.83. The molecule has 1 aliphatic carbocycles. The van der Waals surface area contributed by atoms with Gasteiger partial charge >= 0.3 is 5.97 Å². The van der Waals surface area contributed by atoms with Gasteiger partial charge < -0.3 is 10.0 Å². The van der Waals surface area contributed by atoms with Gasteiger partial charge in [0, 0.05) is 19.5 Å². The number of hydrogen-bond donors (Lipinski definition) is 1. The van der Waals surface area contributed by atoms with Gasteiger partial charge in [-0.2, -0.15) is 0 Å². The number of carbonyl (C=O) groups excluding carboxylic acids is 1. The average molecular weight is 420 g/mol. The number of nitrogens with zero attached hydrogens (tertiary/aromatic N) is 1. The summed E-state index contributed by atoms with van der Waals surface area (Å²) in [7, 11) is 0. The topological polar surface area (TPSA) is 57.6 Å². The van der Waals surface area contributed by atoms with Crippen LogP contribution >= 0.6 is 0 Å². The normalized spacial score (nSPS) is 16.4. The van der Waals surface area contributed by atoms with Gasteiger partial charge in [-0.3, -0.25) is 9.59 Å². The highest BCUT2D eigenvalue weighted by atomic mass is 16.4. The van der Waals surface area contributed by atoms with Crippen LogP contribution in [-0.2, 0) is 29.1 Å². The Morgan fingerprint density at radius 1 is 0.935 bits per heavy atom. The molecule has 0 aromatic heterocycles. The van der Waals surface area contributed by atoms with Gasteiger partial charge in [-0.1, -0.05) is 49.1 Å². The Morgan fingerprint density at radius 3 is 2.16 bits per heavy atom. The third-order valence-electron chi connectivity index (χ3n) is 7.31. The molecule has 4 rings (SSSR count). The maximum Gasteiger partial charge on any atom is 0.307 e. The smallest absolute Gasteiger partial charge is 0.307 e. The number of carbonyl (C=O) groups is 2. The molecule has 0 atom stereocenters. The van der Waals surface area contributed by atoms with Crippen molar-refractivity contribution in [1.29, 1.82) is 0 Å². The molecular weight excluding hydrogens is 386 g/mol. The number of aliphatic carboxylic acids is 1. The first-order chi connectivity index (χ1) is 14.8. The van der Waals surface area contributed by atoms with Crippen molar-refractivity contribution in [3.63, 3.8) is 0 Å². The standard InChI is InChI=1S/C27H33NO3/c1-17-9-11-21(12-10-17)27-19(3)24-16-28(25(29)13-20-7-5-4-6-8-20)15-23(24)18(2)22(27)14-26(30)31/h9-12,20H,4-8,13-16H2,1-3H3,(H,30,31). The fourth-order valence-electron chi connectivity index (χ4n) is 5.49. The van der Waals surface area contributed by atoms with E-state index in [1.807, 2.05) is 11.8 Å². The van der Waals surface area contributed by atoms with Crippen molar-refractivity contribution in [3.8, 4) is 11.1 Å². The number of benzene rings is 2. The van der Waals surface area contributed by atoms with Gasteiger partial charge in [-0.25, -0.2) is 0 Å². The highest BCUT2D eigenvalue weighted by Crippen LogP contribution is 2.40. The van der Waals surface area contributed by atoms with Crippen molar-refractivity contribution in [2.24, 2.45) is 5.92 Å². The molecule has 0 radical (unpaired) electrons. The Morgan fingerprint density at radius 2 is 1.55 bits per heavy atom. The first kappa shape index (κ1) is 21.6. The van der Waals surface area contributed by atoms with E-state index < -0.39 is 5.97 Å². The fourth-order valence-corrected chi connectivity index (χ4v) is 5.49. The first-order valence-electron chi connectivity index (χ1n) is 11.6. The minimum atomic E-state index is -0.820. The van der Waals surface area contributed by atoms with Crippen LogP contribution in [0.25, 0.3) is 11.1 Å². The van der Waals surface area contributed by atoms with Gasteiger partial charge in [-0.05, 0) is 78.5 Å². The summed E-state index contributed by atoms with van der Waals surface area (Å²) in [5.74, 6) is -0.0459. The minimum Gasteiger partial charge on any atom is -0.481 e. The molecule has 0 bridgehead atoms. The number of hydrogen-bond acceptors (Lipinski definition) is 2. The van der Waals surface area contributed by atoms with E-state index in [1.165, 1.54) is 43.2 Å². The predicted molar refractivity (Wildman–Crippen MR) is 123 cm³/mol. The summed E-state index contributed by atoms with van der Waals surface area (Å²) in [5, 5.41) is 9.60. The zero-order valence-electron chi connectivity index (χ0n) is 19.0. The summed E-state index contributed by atoms with van der Waals surface area (Å²) >= 11 is 0. The van der Waals surface area contributed by atoms with Crippen molar-refractivity contribution < 1.29 is 14.7 Å². The van der Waals surface area contributed by atoms with E-state index in [4.69, 9.17) is 0 Å². The number of amides is 1. The van der Waals surface area contributed by atoms with Crippen LogP contribution in [0.4, 0.5) is 0 Å². The lowest BCUT2D eigenvalue weighted by Crippen LogP contribution is -2.28. The van der Waals surface area contributed by atoms with Crippen LogP contribution in [0.5, 0.6) is 0 Å². The van der Waals surface area contributed by atoms with E-state index in [-0.39, 0.29) is 12.3 Å². The van der Waals surface area contributed by atoms with Crippen molar-refractivity contribution >= 4 is 11.9 Å². The van der Waals surface area contributed by atoms with Crippen LogP contribution in [0, 0.1) is 26.7 Å². The van der Waals surface area contributed by atoms with Gasteiger partial charge in [-0.15, -0.1) is 0 Å². The summed E-state index contributed by atoms with van der Waals surface area (Å²) in [6, 6.07) is 8.30. The lowest BCUT2D eigenvalue weighted by molar-refractivity contribution is -0.136. The Kier molecular flexibility index (Phi) is 6.17. The zero-order chi connectivity index (χ0) is 22.1. The molecule has 2 aromatic carbocycles. The Labute approximate surface area is 185 Å². The summed E-state index contributed by atoms with van der Waals surface area (Å²) < 4.78 is 0. The molecule has 1 amide bonds. The SMILES string of the molecule is Cc1ccc(-c2c(C)c3c(c(C)c2CC(=O)O)CN(C(=O)CC2CCCCC2)C3)cc1. The van der Waals surface area contributed by atoms with Gasteiger partial charge in [0.15, 0.2) is 0 Å². The molecule has 0 unspecified atom stereocenters. The summed E-state index contributed by atoms with van der Waals surface area (Å²) in [6.07, 6.45) is 6.78. The maximum absolute atomic E-state index is 13.1. The molecule has 1 N–H and O–H groups in total. The van der Waals surface area contributed by atoms with Crippen molar-refractivity contribution in [2.45, 2.75) is 78.8 Å². The van der Waals surface area contributed by atoms with Gasteiger partial charge in [0.25, 0.3) is 0 Å². The highest BCUT2D eigenvalue weighted by Gasteiger charge is 2.31. The molecule has 2 aromatic rings. The zero-order valence-corrected chi connectivity index (χ0v) is 19.0. The second-order valence-corrected chi connectivity index (χ2v) is 9.46. The first-order valence-corrected chi connectivity index (χ1v) is 11.6. The Balaban J connectivity index is 1.69. The lowest BCUT2D eigenvalue weighted by atomic mass is 9.84. The maximum atomic E-state index is 13.1. The van der Waals surface area contributed by atoms with E-state index in [0.717, 1.165) is 33.4 Å². The monoisotopic (exact) mass is 419 g/mol. The number of carboxylic acid groups (broad SMARTS) is 1. The molecule has 31 heavy (non-hydrogen) atoms. The molecule has 0 spiro atoms. The molecule has 1 saturated carbocycles. The molecule has 2 aliphatic rings. The average Bonchev–Trinajstić information content (AvgIpc) is 3.20. The van der Waals surface area contributed by atoms with Crippen LogP contribution in [0.15, 0.2) is 24.3 Å². The quantitative estimate of drug-likeness (QED) is 0.674. The molecule has 4 nitrogen and oxygen atoms in total. The molecule has 0 saturated heterocycles. The number of rotatable bonds is 5. The van der Waals surface area contributed by atoms with Crippen molar-refractivity contribution in [2.75, 3.05) is 0 Å². The summed E-state index contributed by atoms with van der Waals surface area (Å²) in [6.45, 7) is 7.42. The van der Waals surface area contributed by atoms with E-state index in [1.54, 1.807) is 0 Å². The van der Waals surface area contributed by atoms with E-state index in [0.29, 0.717) is 25.4 Å².